The molecule has 0 aliphatic carbocycles. The molecule has 0 aromatic heterocycles. The molecule has 2 aromatic carbocycles. The monoisotopic (exact) mass is 406 g/mol. The van der Waals surface area contributed by atoms with Crippen LogP contribution in [0, 0.1) is 5.82 Å². The number of benzene rings is 2. The fourth-order valence-corrected chi connectivity index (χ4v) is 3.81. The minimum Gasteiger partial charge on any atom is -0.369 e. The number of nitrogens with one attached hydrogen (secondary N) is 1. The van der Waals surface area contributed by atoms with E-state index in [9.17, 15) is 4.79 Å². The van der Waals surface area contributed by atoms with E-state index in [4.69, 9.17) is 0 Å². The quantitative estimate of drug-likeness (QED) is 0.428. The molecule has 5 nitrogen and oxygen atoms in total. The van der Waals surface area contributed by atoms with Crippen molar-refractivity contribution in [3.8, 4) is 16.9 Å². The second-order valence-corrected chi connectivity index (χ2v) is 7.65. The molecule has 1 N–H and O–H groups in total. The van der Waals surface area contributed by atoms with E-state index in [0.717, 1.165) is 44.3 Å². The molecule has 2 aliphatic heterocycles. The van der Waals surface area contributed by atoms with E-state index in [1.54, 1.807) is 6.20 Å². The molecule has 0 saturated carbocycles. The lowest BCUT2D eigenvalue weighted by molar-refractivity contribution is 0.606. The lowest BCUT2D eigenvalue weighted by Gasteiger charge is -2.25. The predicted molar refractivity (Wildman–Crippen MR) is 120 cm³/mol. The van der Waals surface area contributed by atoms with E-state index in [0.29, 0.717) is 28.0 Å². The Labute approximate surface area is 175 Å². The Bertz CT molecular complexity index is 1160. The zero-order chi connectivity index (χ0) is 21.1. The summed E-state index contributed by atoms with van der Waals surface area (Å²) in [7, 11) is 0. The SMILES string of the molecule is CCCCN(CCCC)c1cc2[nH]cc3c(=O)n(-c4ccccc4)nc-3c2cc1F. The zero-order valence-corrected chi connectivity index (χ0v) is 17.5. The van der Waals surface area contributed by atoms with E-state index in [1.165, 1.54) is 10.7 Å². The summed E-state index contributed by atoms with van der Waals surface area (Å²) in [6.45, 7) is 5.94. The van der Waals surface area contributed by atoms with Crippen LogP contribution in [-0.2, 0) is 0 Å². The number of para-hydroxylation sites is 1. The van der Waals surface area contributed by atoms with Crippen molar-refractivity contribution >= 4 is 16.6 Å². The second kappa shape index (κ2) is 8.69. The first kappa shape index (κ1) is 20.1. The highest BCUT2D eigenvalue weighted by molar-refractivity contribution is 5.95. The molecule has 0 spiro atoms. The normalized spacial score (nSPS) is 11.4. The number of rotatable bonds is 8. The molecule has 2 heterocycles. The summed E-state index contributed by atoms with van der Waals surface area (Å²) in [5.74, 6) is -0.280. The summed E-state index contributed by atoms with van der Waals surface area (Å²) in [4.78, 5) is 18.2. The molecule has 0 bridgehead atoms. The summed E-state index contributed by atoms with van der Waals surface area (Å²) < 4.78 is 16.6. The van der Waals surface area contributed by atoms with Gasteiger partial charge in [-0.25, -0.2) is 4.39 Å². The molecular weight excluding hydrogens is 379 g/mol. The van der Waals surface area contributed by atoms with Crippen LogP contribution >= 0.6 is 0 Å². The molecule has 0 fully saturated rings. The van der Waals surface area contributed by atoms with E-state index in [1.807, 2.05) is 36.4 Å². The molecule has 2 aromatic rings. The van der Waals surface area contributed by atoms with Gasteiger partial charge < -0.3 is 9.88 Å². The predicted octanol–water partition coefficient (Wildman–Crippen LogP) is 5.36. The zero-order valence-electron chi connectivity index (χ0n) is 17.5. The summed E-state index contributed by atoms with van der Waals surface area (Å²) in [5.41, 5.74) is 2.81. The Hall–Kier alpha value is -3.15. The Balaban J connectivity index is 1.83. The van der Waals surface area contributed by atoms with Crippen molar-refractivity contribution in [2.24, 2.45) is 0 Å². The number of hydrogen-bond donors (Lipinski definition) is 1. The summed E-state index contributed by atoms with van der Waals surface area (Å²) in [5, 5.41) is 5.15. The lowest BCUT2D eigenvalue weighted by atomic mass is 10.1. The van der Waals surface area contributed by atoms with Gasteiger partial charge in [-0.1, -0.05) is 44.9 Å². The van der Waals surface area contributed by atoms with E-state index < -0.39 is 0 Å². The van der Waals surface area contributed by atoms with Crippen molar-refractivity contribution in [2.45, 2.75) is 39.5 Å². The van der Waals surface area contributed by atoms with Crippen LogP contribution in [0.2, 0.25) is 0 Å². The van der Waals surface area contributed by atoms with Gasteiger partial charge in [0.15, 0.2) is 0 Å². The van der Waals surface area contributed by atoms with Crippen LogP contribution in [0.1, 0.15) is 39.5 Å². The molecule has 0 atom stereocenters. The first-order chi connectivity index (χ1) is 14.6. The van der Waals surface area contributed by atoms with E-state index >= 15 is 4.39 Å². The van der Waals surface area contributed by atoms with Gasteiger partial charge in [-0.05, 0) is 37.1 Å². The number of anilines is 1. The highest BCUT2D eigenvalue weighted by Gasteiger charge is 2.21. The molecule has 0 amide bonds. The van der Waals surface area contributed by atoms with Gasteiger partial charge in [0.05, 0.1) is 16.9 Å². The van der Waals surface area contributed by atoms with Gasteiger partial charge in [-0.15, -0.1) is 0 Å². The highest BCUT2D eigenvalue weighted by Crippen LogP contribution is 2.31. The van der Waals surface area contributed by atoms with Gasteiger partial charge in [0.2, 0.25) is 0 Å². The van der Waals surface area contributed by atoms with Crippen molar-refractivity contribution in [1.29, 1.82) is 0 Å². The summed E-state index contributed by atoms with van der Waals surface area (Å²) >= 11 is 0. The molecule has 0 saturated heterocycles. The van der Waals surface area contributed by atoms with Gasteiger partial charge in [0.25, 0.3) is 5.56 Å². The molecule has 6 heteroatoms. The van der Waals surface area contributed by atoms with E-state index in [-0.39, 0.29) is 11.4 Å². The van der Waals surface area contributed by atoms with Crippen LogP contribution in [0.15, 0.2) is 53.5 Å². The number of nitrogens with zero attached hydrogens (tertiary/aromatic N) is 3. The Morgan fingerprint density at radius 1 is 1.07 bits per heavy atom. The number of aromatic nitrogens is 3. The smallest absolute Gasteiger partial charge is 0.282 e. The molecule has 156 valence electrons. The van der Waals surface area contributed by atoms with Gasteiger partial charge in [-0.3, -0.25) is 4.79 Å². The summed E-state index contributed by atoms with van der Waals surface area (Å²) in [6.07, 6.45) is 5.84. The number of H-pyrrole nitrogens is 1. The van der Waals surface area contributed by atoms with Crippen molar-refractivity contribution in [2.75, 3.05) is 18.0 Å². The fraction of sp³-hybridized carbons (Fsp3) is 0.333. The average molecular weight is 407 g/mol. The minimum atomic E-state index is -0.280. The largest absolute Gasteiger partial charge is 0.369 e. The lowest BCUT2D eigenvalue weighted by Crippen LogP contribution is -2.26. The first-order valence-electron chi connectivity index (χ1n) is 10.7. The van der Waals surface area contributed by atoms with Crippen LogP contribution in [-0.4, -0.2) is 27.9 Å². The Kier molecular flexibility index (Phi) is 5.84. The van der Waals surface area contributed by atoms with Gasteiger partial charge >= 0.3 is 0 Å². The maximum atomic E-state index is 15.2. The number of aromatic amines is 1. The average Bonchev–Trinajstić information content (AvgIpc) is 3.11. The maximum absolute atomic E-state index is 15.2. The fourth-order valence-electron chi connectivity index (χ4n) is 3.81. The molecule has 0 radical (unpaired) electrons. The molecule has 30 heavy (non-hydrogen) atoms. The van der Waals surface area contributed by atoms with Crippen molar-refractivity contribution in [3.63, 3.8) is 0 Å². The van der Waals surface area contributed by atoms with Gasteiger partial charge in [0, 0.05) is 30.2 Å². The first-order valence-corrected chi connectivity index (χ1v) is 10.7. The number of hydrogen-bond acceptors (Lipinski definition) is 3. The molecular formula is C24H27FN4O. The third-order valence-electron chi connectivity index (χ3n) is 5.50. The van der Waals surface area contributed by atoms with Crippen molar-refractivity contribution < 1.29 is 4.39 Å². The second-order valence-electron chi connectivity index (χ2n) is 7.65. The van der Waals surface area contributed by atoms with Gasteiger partial charge in [0.1, 0.15) is 11.5 Å². The standard InChI is InChI=1S/C24H27FN4O/c1-3-5-12-28(13-6-4-2)22-15-21-18(14-20(22)25)23-19(16-26-21)24(30)29(27-23)17-10-8-7-9-11-17/h7-11,14-16,26H,3-6,12-13H2,1-2H3. The maximum Gasteiger partial charge on any atom is 0.282 e. The number of unbranched alkanes of at least 4 members (excludes halogenated alkanes) is 2. The minimum absolute atomic E-state index is 0.216. The van der Waals surface area contributed by atoms with Crippen molar-refractivity contribution in [1.82, 2.24) is 14.8 Å². The van der Waals surface area contributed by atoms with Crippen LogP contribution in [0.3, 0.4) is 0 Å². The van der Waals surface area contributed by atoms with Gasteiger partial charge in [-0.2, -0.15) is 9.78 Å². The Morgan fingerprint density at radius 2 is 1.77 bits per heavy atom. The third-order valence-corrected chi connectivity index (χ3v) is 5.50. The third kappa shape index (κ3) is 3.70. The van der Waals surface area contributed by atoms with Crippen molar-refractivity contribution in [3.05, 3.63) is 64.8 Å². The molecule has 4 rings (SSSR count). The molecule has 2 aliphatic rings. The molecule has 0 unspecified atom stereocenters. The highest BCUT2D eigenvalue weighted by atomic mass is 19.1. The topological polar surface area (TPSA) is 53.9 Å². The van der Waals surface area contributed by atoms with Crippen LogP contribution in [0.4, 0.5) is 10.1 Å². The number of fused-ring (bicyclic) bond motifs is 3. The van der Waals surface area contributed by atoms with Crippen LogP contribution in [0.5, 0.6) is 0 Å². The van der Waals surface area contributed by atoms with Crippen LogP contribution in [0.25, 0.3) is 27.8 Å². The summed E-state index contributed by atoms with van der Waals surface area (Å²) in [6, 6.07) is 12.6. The van der Waals surface area contributed by atoms with E-state index in [2.05, 4.69) is 28.8 Å². The Morgan fingerprint density at radius 3 is 2.43 bits per heavy atom. The number of halogens is 1. The van der Waals surface area contributed by atoms with Crippen LogP contribution < -0.4 is 10.5 Å². The number of pyridine rings is 1.